The summed E-state index contributed by atoms with van der Waals surface area (Å²) in [6, 6.07) is 0. The quantitative estimate of drug-likeness (QED) is 0.841. The summed E-state index contributed by atoms with van der Waals surface area (Å²) in [6.07, 6.45) is 11.2. The van der Waals surface area contributed by atoms with Crippen molar-refractivity contribution in [2.45, 2.75) is 63.5 Å². The van der Waals surface area contributed by atoms with Crippen LogP contribution in [0, 0.1) is 0 Å². The van der Waals surface area contributed by atoms with Crippen LogP contribution in [-0.2, 0) is 11.3 Å². The van der Waals surface area contributed by atoms with E-state index >= 15 is 0 Å². The Hall–Kier alpha value is -1.40. The van der Waals surface area contributed by atoms with Crippen LogP contribution in [0.5, 0.6) is 0 Å². The second kappa shape index (κ2) is 7.45. The number of nitrogens with one attached hydrogen (secondary N) is 1. The van der Waals surface area contributed by atoms with Crippen molar-refractivity contribution in [1.29, 1.82) is 0 Å². The third kappa shape index (κ3) is 4.78. The Balaban J connectivity index is 1.44. The molecule has 6 nitrogen and oxygen atoms in total. The van der Waals surface area contributed by atoms with Gasteiger partial charge in [-0.2, -0.15) is 5.10 Å². The number of likely N-dealkylation sites (tertiary alicyclic amines) is 1. The van der Waals surface area contributed by atoms with E-state index in [9.17, 15) is 9.90 Å². The van der Waals surface area contributed by atoms with Crippen LogP contribution in [0.2, 0.25) is 0 Å². The first-order valence-electron chi connectivity index (χ1n) is 8.90. The number of hydrogen-bond acceptors (Lipinski definition) is 4. The molecule has 128 valence electrons. The minimum atomic E-state index is -0.797. The largest absolute Gasteiger partial charge is 0.389 e. The first-order valence-corrected chi connectivity index (χ1v) is 8.90. The van der Waals surface area contributed by atoms with E-state index in [2.05, 4.69) is 15.3 Å². The van der Waals surface area contributed by atoms with Gasteiger partial charge in [-0.05, 0) is 38.8 Å². The van der Waals surface area contributed by atoms with Gasteiger partial charge < -0.3 is 15.3 Å². The van der Waals surface area contributed by atoms with Crippen LogP contribution < -0.4 is 5.32 Å². The maximum absolute atomic E-state index is 12.1. The summed E-state index contributed by atoms with van der Waals surface area (Å²) in [4.78, 5) is 14.5. The van der Waals surface area contributed by atoms with E-state index in [0.717, 1.165) is 44.5 Å². The molecule has 0 radical (unpaired) electrons. The van der Waals surface area contributed by atoms with Gasteiger partial charge in [0.15, 0.2) is 0 Å². The first-order chi connectivity index (χ1) is 11.1. The van der Waals surface area contributed by atoms with Gasteiger partial charge in [-0.25, -0.2) is 0 Å². The van der Waals surface area contributed by atoms with E-state index in [1.54, 1.807) is 6.20 Å². The van der Waals surface area contributed by atoms with Crippen LogP contribution in [0.4, 0.5) is 5.69 Å². The Morgan fingerprint density at radius 1 is 1.17 bits per heavy atom. The van der Waals surface area contributed by atoms with Gasteiger partial charge in [-0.15, -0.1) is 0 Å². The molecule has 3 rings (SSSR count). The van der Waals surface area contributed by atoms with Gasteiger partial charge in [0.2, 0.25) is 5.91 Å². The molecule has 1 saturated heterocycles. The first kappa shape index (κ1) is 16.5. The number of aliphatic hydroxyl groups is 1. The second-order valence-electron chi connectivity index (χ2n) is 7.05. The van der Waals surface area contributed by atoms with Gasteiger partial charge in [0.05, 0.1) is 30.5 Å². The molecule has 2 aliphatic rings. The summed E-state index contributed by atoms with van der Waals surface area (Å²) in [6.45, 7) is 4.22. The highest BCUT2D eigenvalue weighted by molar-refractivity contribution is 5.91. The van der Waals surface area contributed by atoms with Crippen molar-refractivity contribution in [3.63, 3.8) is 0 Å². The predicted molar refractivity (Wildman–Crippen MR) is 89.2 cm³/mol. The zero-order valence-electron chi connectivity index (χ0n) is 13.8. The van der Waals surface area contributed by atoms with Gasteiger partial charge in [0, 0.05) is 12.7 Å². The molecular formula is C17H28N4O2. The Labute approximate surface area is 137 Å². The summed E-state index contributed by atoms with van der Waals surface area (Å²) >= 11 is 0. The Kier molecular flexibility index (Phi) is 5.33. The molecule has 1 saturated carbocycles. The molecule has 1 aliphatic carbocycles. The van der Waals surface area contributed by atoms with Crippen LogP contribution in [0.25, 0.3) is 0 Å². The molecule has 1 amide bonds. The van der Waals surface area contributed by atoms with Crippen LogP contribution >= 0.6 is 0 Å². The zero-order chi connectivity index (χ0) is 16.1. The van der Waals surface area contributed by atoms with E-state index in [0.29, 0.717) is 0 Å². The lowest BCUT2D eigenvalue weighted by atomic mass is 9.98. The third-order valence-electron chi connectivity index (χ3n) is 5.03. The van der Waals surface area contributed by atoms with Gasteiger partial charge in [-0.1, -0.05) is 19.3 Å². The average molecular weight is 320 g/mol. The predicted octanol–water partition coefficient (Wildman–Crippen LogP) is 2.00. The molecule has 2 fully saturated rings. The van der Waals surface area contributed by atoms with Crippen molar-refractivity contribution in [2.75, 3.05) is 25.0 Å². The van der Waals surface area contributed by atoms with Crippen molar-refractivity contribution in [3.8, 4) is 0 Å². The standard InChI is InChI=1S/C17H28N4O2/c22-16(12-17(23)6-2-3-7-17)19-15-13-18-21(14-15)11-10-20-8-4-1-5-9-20/h13-14,23H,1-12H2,(H,19,22). The zero-order valence-corrected chi connectivity index (χ0v) is 13.8. The molecule has 1 aromatic heterocycles. The lowest BCUT2D eigenvalue weighted by molar-refractivity contribution is -0.120. The number of aromatic nitrogens is 2. The number of amides is 1. The Morgan fingerprint density at radius 3 is 2.65 bits per heavy atom. The molecule has 0 aromatic carbocycles. The van der Waals surface area contributed by atoms with Crippen LogP contribution in [0.15, 0.2) is 12.4 Å². The lowest BCUT2D eigenvalue weighted by Gasteiger charge is -2.26. The average Bonchev–Trinajstić information content (AvgIpc) is 3.15. The number of carbonyl (C=O) groups is 1. The molecule has 2 heterocycles. The summed E-state index contributed by atoms with van der Waals surface area (Å²) < 4.78 is 1.88. The maximum Gasteiger partial charge on any atom is 0.227 e. The summed E-state index contributed by atoms with van der Waals surface area (Å²) in [7, 11) is 0. The van der Waals surface area contributed by atoms with Crippen molar-refractivity contribution >= 4 is 11.6 Å². The molecule has 2 N–H and O–H groups in total. The maximum atomic E-state index is 12.1. The number of carbonyl (C=O) groups excluding carboxylic acids is 1. The number of hydrogen-bond donors (Lipinski definition) is 2. The minimum Gasteiger partial charge on any atom is -0.389 e. The highest BCUT2D eigenvalue weighted by Crippen LogP contribution is 2.32. The second-order valence-corrected chi connectivity index (χ2v) is 7.05. The molecule has 6 heteroatoms. The molecule has 0 atom stereocenters. The SMILES string of the molecule is O=C(CC1(O)CCCC1)Nc1cnn(CCN2CCCCC2)c1. The number of piperidine rings is 1. The monoisotopic (exact) mass is 320 g/mol. The molecule has 23 heavy (non-hydrogen) atoms. The molecule has 1 aromatic rings. The smallest absolute Gasteiger partial charge is 0.227 e. The highest BCUT2D eigenvalue weighted by Gasteiger charge is 2.33. The van der Waals surface area contributed by atoms with E-state index in [1.165, 1.54) is 32.4 Å². The summed E-state index contributed by atoms with van der Waals surface area (Å²) in [5.74, 6) is -0.120. The van der Waals surface area contributed by atoms with Gasteiger partial charge in [0.1, 0.15) is 0 Å². The summed E-state index contributed by atoms with van der Waals surface area (Å²) in [5, 5.41) is 17.5. The van der Waals surface area contributed by atoms with Crippen molar-refractivity contribution in [2.24, 2.45) is 0 Å². The molecule has 0 unspecified atom stereocenters. The minimum absolute atomic E-state index is 0.120. The third-order valence-corrected chi connectivity index (χ3v) is 5.03. The van der Waals surface area contributed by atoms with Gasteiger partial charge >= 0.3 is 0 Å². The Bertz CT molecular complexity index is 516. The van der Waals surface area contributed by atoms with E-state index in [1.807, 2.05) is 10.9 Å². The van der Waals surface area contributed by atoms with E-state index in [-0.39, 0.29) is 12.3 Å². The van der Waals surface area contributed by atoms with Gasteiger partial charge in [-0.3, -0.25) is 9.48 Å². The number of nitrogens with zero attached hydrogens (tertiary/aromatic N) is 3. The van der Waals surface area contributed by atoms with Crippen LogP contribution in [0.1, 0.15) is 51.4 Å². The topological polar surface area (TPSA) is 70.4 Å². The van der Waals surface area contributed by atoms with Crippen molar-refractivity contribution in [1.82, 2.24) is 14.7 Å². The summed E-state index contributed by atoms with van der Waals surface area (Å²) in [5.41, 5.74) is -0.0795. The van der Waals surface area contributed by atoms with E-state index in [4.69, 9.17) is 0 Å². The normalized spacial score (nSPS) is 21.4. The fourth-order valence-electron chi connectivity index (χ4n) is 3.69. The molecule has 1 aliphatic heterocycles. The van der Waals surface area contributed by atoms with Crippen molar-refractivity contribution < 1.29 is 9.90 Å². The van der Waals surface area contributed by atoms with Crippen LogP contribution in [0.3, 0.4) is 0 Å². The van der Waals surface area contributed by atoms with Gasteiger partial charge in [0.25, 0.3) is 0 Å². The fraction of sp³-hybridized carbons (Fsp3) is 0.765. The molecule has 0 bridgehead atoms. The number of rotatable bonds is 6. The van der Waals surface area contributed by atoms with Crippen LogP contribution in [-0.4, -0.2) is 50.9 Å². The lowest BCUT2D eigenvalue weighted by Crippen LogP contribution is -2.32. The van der Waals surface area contributed by atoms with Crippen molar-refractivity contribution in [3.05, 3.63) is 12.4 Å². The Morgan fingerprint density at radius 2 is 1.91 bits per heavy atom. The fourth-order valence-corrected chi connectivity index (χ4v) is 3.69. The molecule has 0 spiro atoms. The molecular weight excluding hydrogens is 292 g/mol. The van der Waals surface area contributed by atoms with E-state index < -0.39 is 5.60 Å². The number of anilines is 1. The highest BCUT2D eigenvalue weighted by atomic mass is 16.3.